The number of carbonyl (C=O) groups is 3. The second-order valence-corrected chi connectivity index (χ2v) is 12.8. The number of amides is 2. The second-order valence-electron chi connectivity index (χ2n) is 12.8. The summed E-state index contributed by atoms with van der Waals surface area (Å²) in [4.78, 5) is 43.1. The molecule has 10 heteroatoms. The minimum Gasteiger partial charge on any atom is -0.496 e. The number of methoxy groups -OCH3 is 1. The third-order valence-corrected chi connectivity index (χ3v) is 10.0. The molecule has 1 saturated carbocycles. The van der Waals surface area contributed by atoms with Gasteiger partial charge in [-0.2, -0.15) is 0 Å². The summed E-state index contributed by atoms with van der Waals surface area (Å²) in [5, 5.41) is 23.4. The van der Waals surface area contributed by atoms with Crippen LogP contribution in [0.5, 0.6) is 5.75 Å². The van der Waals surface area contributed by atoms with E-state index < -0.39 is 23.7 Å². The molecule has 9 nitrogen and oxygen atoms in total. The first-order valence-corrected chi connectivity index (χ1v) is 16.3. The second kappa shape index (κ2) is 15.4. The normalized spacial score (nSPS) is 21.2. The van der Waals surface area contributed by atoms with E-state index >= 15 is 0 Å². The zero-order valence-corrected chi connectivity index (χ0v) is 27.3. The first-order valence-electron chi connectivity index (χ1n) is 16.3. The van der Waals surface area contributed by atoms with Crippen molar-refractivity contribution >= 4 is 30.2 Å². The van der Waals surface area contributed by atoms with Gasteiger partial charge in [0, 0.05) is 32.6 Å². The van der Waals surface area contributed by atoms with Crippen molar-refractivity contribution in [1.29, 1.82) is 0 Å². The summed E-state index contributed by atoms with van der Waals surface area (Å²) in [5.74, 6) is -0.583. The van der Waals surface area contributed by atoms with E-state index in [2.05, 4.69) is 41.4 Å². The van der Waals surface area contributed by atoms with Crippen LogP contribution in [-0.2, 0) is 22.6 Å². The van der Waals surface area contributed by atoms with Gasteiger partial charge in [0.15, 0.2) is 0 Å². The molecule has 3 N–H and O–H groups in total. The van der Waals surface area contributed by atoms with Crippen LogP contribution in [0.2, 0.25) is 0 Å². The number of piperidine rings is 1. The predicted octanol–water partition coefficient (Wildman–Crippen LogP) is 4.81. The maximum Gasteiger partial charge on any atom is 0.335 e. The number of halogens is 1. The Morgan fingerprint density at radius 1 is 1.04 bits per heavy atom. The number of likely N-dealkylation sites (tertiary alicyclic amines) is 1. The summed E-state index contributed by atoms with van der Waals surface area (Å²) < 4.78 is 5.43. The molecule has 1 aliphatic carbocycles. The molecule has 2 aromatic carbocycles. The van der Waals surface area contributed by atoms with Crippen LogP contribution in [-0.4, -0.2) is 82.2 Å². The molecule has 2 atom stereocenters. The molecule has 1 unspecified atom stereocenters. The van der Waals surface area contributed by atoms with Crippen molar-refractivity contribution in [3.63, 3.8) is 0 Å². The van der Waals surface area contributed by atoms with Gasteiger partial charge in [0.1, 0.15) is 17.3 Å². The van der Waals surface area contributed by atoms with Crippen LogP contribution in [0.15, 0.2) is 42.5 Å². The number of hydrogen-bond acceptors (Lipinski definition) is 6. The average Bonchev–Trinajstić information content (AvgIpc) is 3.05. The van der Waals surface area contributed by atoms with Gasteiger partial charge in [-0.05, 0) is 66.8 Å². The molecule has 246 valence electrons. The van der Waals surface area contributed by atoms with E-state index in [0.717, 1.165) is 56.2 Å². The highest BCUT2D eigenvalue weighted by molar-refractivity contribution is 6.00. The minimum absolute atomic E-state index is 0. The van der Waals surface area contributed by atoms with Crippen LogP contribution in [0, 0.1) is 5.92 Å². The van der Waals surface area contributed by atoms with E-state index in [0.29, 0.717) is 44.6 Å². The molecular weight excluding hydrogens is 594 g/mol. The summed E-state index contributed by atoms with van der Waals surface area (Å²) in [5.41, 5.74) is 2.53. The zero-order chi connectivity index (χ0) is 31.3. The van der Waals surface area contributed by atoms with E-state index in [9.17, 15) is 24.6 Å². The molecular formula is C35H48ClN3O6. The number of aromatic carboxylic acids is 1. The Bertz CT molecular complexity index is 1320. The van der Waals surface area contributed by atoms with E-state index in [1.165, 1.54) is 12.0 Å². The Balaban J connectivity index is 0.00000461. The molecule has 2 amide bonds. The molecule has 0 radical (unpaired) electrons. The van der Waals surface area contributed by atoms with Gasteiger partial charge < -0.3 is 25.2 Å². The van der Waals surface area contributed by atoms with E-state index in [1.54, 1.807) is 25.3 Å². The van der Waals surface area contributed by atoms with Crippen molar-refractivity contribution < 1.29 is 29.3 Å². The molecule has 3 fully saturated rings. The summed E-state index contributed by atoms with van der Waals surface area (Å²) in [6.07, 6.45) is 7.82. The van der Waals surface area contributed by atoms with Gasteiger partial charge in [-0.25, -0.2) is 4.79 Å². The van der Waals surface area contributed by atoms with Crippen molar-refractivity contribution in [2.45, 2.75) is 95.4 Å². The highest BCUT2D eigenvalue weighted by atomic mass is 35.5. The largest absolute Gasteiger partial charge is 0.496 e. The fraction of sp³-hybridized carbons (Fsp3) is 0.571. The number of hydrogen-bond donors (Lipinski definition) is 3. The Morgan fingerprint density at radius 2 is 1.71 bits per heavy atom. The predicted molar refractivity (Wildman–Crippen MR) is 175 cm³/mol. The number of carbonyl (C=O) groups excluding carboxylic acids is 2. The molecule has 5 rings (SSSR count). The molecule has 1 spiro atoms. The number of carboxylic acid groups (broad SMARTS) is 1. The zero-order valence-electron chi connectivity index (χ0n) is 26.5. The topological polar surface area (TPSA) is 119 Å². The molecule has 3 aliphatic rings. The molecule has 0 aromatic heterocycles. The number of benzene rings is 2. The van der Waals surface area contributed by atoms with Crippen molar-refractivity contribution in [2.75, 3.05) is 26.7 Å². The van der Waals surface area contributed by atoms with Crippen LogP contribution >= 0.6 is 12.4 Å². The van der Waals surface area contributed by atoms with Crippen molar-refractivity contribution in [3.05, 3.63) is 64.7 Å². The Hall–Kier alpha value is -3.14. The maximum absolute atomic E-state index is 13.9. The number of aliphatic hydroxyl groups is 1. The number of aliphatic hydroxyl groups excluding tert-OH is 1. The van der Waals surface area contributed by atoms with Gasteiger partial charge in [-0.3, -0.25) is 14.5 Å². The summed E-state index contributed by atoms with van der Waals surface area (Å²) >= 11 is 0. The maximum atomic E-state index is 13.9. The Morgan fingerprint density at radius 3 is 2.33 bits per heavy atom. The fourth-order valence-electron chi connectivity index (χ4n) is 7.30. The fourth-order valence-corrected chi connectivity index (χ4v) is 7.30. The van der Waals surface area contributed by atoms with Gasteiger partial charge in [0.05, 0.1) is 18.8 Å². The third-order valence-electron chi connectivity index (χ3n) is 10.0. The number of rotatable bonds is 11. The molecule has 2 heterocycles. The number of piperazine rings is 1. The van der Waals surface area contributed by atoms with E-state index in [1.807, 2.05) is 4.90 Å². The van der Waals surface area contributed by atoms with Crippen LogP contribution in [0.4, 0.5) is 0 Å². The minimum atomic E-state index is -0.982. The van der Waals surface area contributed by atoms with Crippen LogP contribution in [0.3, 0.4) is 0 Å². The first-order chi connectivity index (χ1) is 21.3. The molecule has 2 aromatic rings. The summed E-state index contributed by atoms with van der Waals surface area (Å²) in [6, 6.07) is 12.5. The Labute approximate surface area is 272 Å². The van der Waals surface area contributed by atoms with Crippen LogP contribution in [0.1, 0.15) is 91.8 Å². The van der Waals surface area contributed by atoms with Gasteiger partial charge in [-0.1, -0.05) is 62.9 Å². The number of ether oxygens (including phenoxy) is 1. The lowest BCUT2D eigenvalue weighted by atomic mass is 9.78. The standard InChI is InChI=1S/C35H47N3O6.ClH/c1-3-4-18-38-32(40)30(31(39)26-8-6-5-7-9-26)36-34(43)35(38)16-19-37(20-17-35)23-25-12-10-24(11-13-25)21-27-14-15-28(33(41)42)22-29(27)44-2;/h10-15,22,26,30-31,39H,3-9,16-21,23H2,1-2H3,(H,36,43)(H,41,42);1H/t30-,31?;/m1./s1. The molecule has 2 saturated heterocycles. The highest BCUT2D eigenvalue weighted by Crippen LogP contribution is 2.36. The Kier molecular flexibility index (Phi) is 11.9. The monoisotopic (exact) mass is 641 g/mol. The van der Waals surface area contributed by atoms with E-state index in [-0.39, 0.29) is 35.7 Å². The van der Waals surface area contributed by atoms with Crippen LogP contribution < -0.4 is 10.1 Å². The van der Waals surface area contributed by atoms with Crippen LogP contribution in [0.25, 0.3) is 0 Å². The van der Waals surface area contributed by atoms with Crippen molar-refractivity contribution in [1.82, 2.24) is 15.1 Å². The van der Waals surface area contributed by atoms with Gasteiger partial charge in [0.25, 0.3) is 0 Å². The van der Waals surface area contributed by atoms with Gasteiger partial charge in [-0.15, -0.1) is 12.4 Å². The first kappa shape index (κ1) is 34.7. The lowest BCUT2D eigenvalue weighted by Crippen LogP contribution is -2.75. The smallest absolute Gasteiger partial charge is 0.335 e. The lowest BCUT2D eigenvalue weighted by molar-refractivity contribution is -0.166. The number of carboxylic acids is 1. The van der Waals surface area contributed by atoms with Crippen molar-refractivity contribution in [3.8, 4) is 5.75 Å². The quantitative estimate of drug-likeness (QED) is 0.322. The number of nitrogens with one attached hydrogen (secondary N) is 1. The van der Waals surface area contributed by atoms with Gasteiger partial charge >= 0.3 is 5.97 Å². The highest BCUT2D eigenvalue weighted by Gasteiger charge is 2.55. The SMILES string of the molecule is CCCCN1C(=O)[C@@H](C(O)C2CCCCC2)NC(=O)C12CCN(Cc1ccc(Cc3ccc(C(=O)O)cc3OC)cc1)CC2.Cl. The number of unbranched alkanes of at least 4 members (excludes halogenated alkanes) is 1. The molecule has 0 bridgehead atoms. The number of nitrogens with zero attached hydrogens (tertiary/aromatic N) is 2. The van der Waals surface area contributed by atoms with Crippen molar-refractivity contribution in [2.24, 2.45) is 5.92 Å². The van der Waals surface area contributed by atoms with Gasteiger partial charge in [0.2, 0.25) is 11.8 Å². The average molecular weight is 642 g/mol. The summed E-state index contributed by atoms with van der Waals surface area (Å²) in [6.45, 7) is 4.79. The molecule has 45 heavy (non-hydrogen) atoms. The van der Waals surface area contributed by atoms with E-state index in [4.69, 9.17) is 4.74 Å². The molecule has 2 aliphatic heterocycles. The lowest BCUT2D eigenvalue weighted by Gasteiger charge is -2.52. The summed E-state index contributed by atoms with van der Waals surface area (Å²) in [7, 11) is 1.55. The third kappa shape index (κ3) is 7.64.